The molecule has 33 heavy (non-hydrogen) atoms. The molecule has 182 valence electrons. The molecular weight excluding hydrogens is 428 g/mol. The Balaban J connectivity index is 2.14. The zero-order valence-electron chi connectivity index (χ0n) is 19.3. The molecule has 3 amide bonds. The SMILES string of the molecule is CCC(C)C(N)C(=O)NC(Cc1ccc(O)cc1)C(=O)NC(C)C(=O)N1CCCC1C(=O)O. The number of benzene rings is 1. The lowest BCUT2D eigenvalue weighted by molar-refractivity contribution is -0.149. The average molecular weight is 463 g/mol. The zero-order valence-corrected chi connectivity index (χ0v) is 19.3. The van der Waals surface area contributed by atoms with Gasteiger partial charge in [-0.3, -0.25) is 14.4 Å². The van der Waals surface area contributed by atoms with Crippen molar-refractivity contribution < 1.29 is 29.4 Å². The zero-order chi connectivity index (χ0) is 24.7. The minimum Gasteiger partial charge on any atom is -0.508 e. The van der Waals surface area contributed by atoms with Gasteiger partial charge >= 0.3 is 5.97 Å². The van der Waals surface area contributed by atoms with E-state index < -0.39 is 47.9 Å². The van der Waals surface area contributed by atoms with Gasteiger partial charge in [-0.25, -0.2) is 4.79 Å². The molecule has 0 aliphatic carbocycles. The van der Waals surface area contributed by atoms with Gasteiger partial charge in [-0.2, -0.15) is 0 Å². The van der Waals surface area contributed by atoms with Gasteiger partial charge in [0.2, 0.25) is 17.7 Å². The fraction of sp³-hybridized carbons (Fsp3) is 0.565. The van der Waals surface area contributed by atoms with Crippen LogP contribution in [0.3, 0.4) is 0 Å². The summed E-state index contributed by atoms with van der Waals surface area (Å²) in [5.41, 5.74) is 6.71. The molecule has 2 rings (SSSR count). The first kappa shape index (κ1) is 26.1. The molecule has 1 saturated heterocycles. The summed E-state index contributed by atoms with van der Waals surface area (Å²) in [6.07, 6.45) is 1.76. The molecule has 0 radical (unpaired) electrons. The molecule has 1 aromatic carbocycles. The lowest BCUT2D eigenvalue weighted by Crippen LogP contribution is -2.57. The number of rotatable bonds is 10. The van der Waals surface area contributed by atoms with Gasteiger partial charge in [0.15, 0.2) is 0 Å². The molecule has 1 heterocycles. The van der Waals surface area contributed by atoms with Crippen molar-refractivity contribution in [1.82, 2.24) is 15.5 Å². The lowest BCUT2D eigenvalue weighted by atomic mass is 9.98. The van der Waals surface area contributed by atoms with Crippen LogP contribution in [0.5, 0.6) is 5.75 Å². The monoisotopic (exact) mass is 462 g/mol. The van der Waals surface area contributed by atoms with Crippen molar-refractivity contribution in [3.8, 4) is 5.75 Å². The van der Waals surface area contributed by atoms with Crippen molar-refractivity contribution >= 4 is 23.7 Å². The van der Waals surface area contributed by atoms with Gasteiger partial charge in [0.05, 0.1) is 6.04 Å². The minimum atomic E-state index is -1.07. The lowest BCUT2D eigenvalue weighted by Gasteiger charge is -2.27. The van der Waals surface area contributed by atoms with Crippen LogP contribution >= 0.6 is 0 Å². The topological polar surface area (TPSA) is 162 Å². The van der Waals surface area contributed by atoms with Crippen LogP contribution in [0.1, 0.15) is 45.6 Å². The summed E-state index contributed by atoms with van der Waals surface area (Å²) in [6.45, 7) is 5.55. The number of carboxylic acids is 1. The molecule has 0 bridgehead atoms. The summed E-state index contributed by atoms with van der Waals surface area (Å²) in [4.78, 5) is 51.2. The Morgan fingerprint density at radius 3 is 2.33 bits per heavy atom. The van der Waals surface area contributed by atoms with E-state index in [1.165, 1.54) is 24.0 Å². The first-order valence-electron chi connectivity index (χ1n) is 11.2. The Morgan fingerprint density at radius 2 is 1.76 bits per heavy atom. The largest absolute Gasteiger partial charge is 0.508 e. The molecule has 10 nitrogen and oxygen atoms in total. The van der Waals surface area contributed by atoms with Crippen LogP contribution in [-0.2, 0) is 25.6 Å². The van der Waals surface area contributed by atoms with E-state index in [0.29, 0.717) is 31.4 Å². The van der Waals surface area contributed by atoms with Gasteiger partial charge in [0, 0.05) is 13.0 Å². The number of phenolic OH excluding ortho intramolecular Hbond substituents is 1. The summed E-state index contributed by atoms with van der Waals surface area (Å²) in [7, 11) is 0. The molecule has 0 aromatic heterocycles. The molecule has 1 aromatic rings. The van der Waals surface area contributed by atoms with Gasteiger partial charge in [-0.15, -0.1) is 0 Å². The van der Waals surface area contributed by atoms with Crippen molar-refractivity contribution in [1.29, 1.82) is 0 Å². The first-order valence-corrected chi connectivity index (χ1v) is 11.2. The number of nitrogens with two attached hydrogens (primary N) is 1. The van der Waals surface area contributed by atoms with E-state index in [0.717, 1.165) is 0 Å². The van der Waals surface area contributed by atoms with E-state index in [-0.39, 0.29) is 18.1 Å². The predicted octanol–water partition coefficient (Wildman–Crippen LogP) is 0.373. The third kappa shape index (κ3) is 6.92. The van der Waals surface area contributed by atoms with Crippen LogP contribution in [-0.4, -0.2) is 69.5 Å². The van der Waals surface area contributed by atoms with E-state index in [1.54, 1.807) is 12.1 Å². The molecule has 10 heteroatoms. The normalized spacial score (nSPS) is 19.3. The second-order valence-electron chi connectivity index (χ2n) is 8.60. The maximum absolute atomic E-state index is 13.1. The number of nitrogens with zero attached hydrogens (tertiary/aromatic N) is 1. The number of carbonyl (C=O) groups excluding carboxylic acids is 3. The van der Waals surface area contributed by atoms with Crippen molar-refractivity contribution in [2.45, 2.75) is 70.6 Å². The highest BCUT2D eigenvalue weighted by molar-refractivity contribution is 5.94. The fourth-order valence-corrected chi connectivity index (χ4v) is 3.77. The summed E-state index contributed by atoms with van der Waals surface area (Å²) in [6, 6.07) is 2.52. The van der Waals surface area contributed by atoms with Crippen molar-refractivity contribution in [2.24, 2.45) is 11.7 Å². The summed E-state index contributed by atoms with van der Waals surface area (Å²) in [5.74, 6) is -2.64. The Labute approximate surface area is 193 Å². The standard InChI is InChI=1S/C23H34N4O6/c1-4-13(2)19(24)21(30)26-17(12-15-7-9-16(28)10-8-15)20(29)25-14(3)22(31)27-11-5-6-18(27)23(32)33/h7-10,13-14,17-19,28H,4-6,11-12,24H2,1-3H3,(H,25,29)(H,26,30)(H,32,33). The Bertz CT molecular complexity index is 859. The Kier molecular flexibility index (Phi) is 9.22. The quantitative estimate of drug-likeness (QED) is 0.335. The number of phenols is 1. The van der Waals surface area contributed by atoms with Crippen molar-refractivity contribution in [3.05, 3.63) is 29.8 Å². The number of hydrogen-bond donors (Lipinski definition) is 5. The maximum Gasteiger partial charge on any atom is 0.326 e. The highest BCUT2D eigenvalue weighted by atomic mass is 16.4. The minimum absolute atomic E-state index is 0.0698. The van der Waals surface area contributed by atoms with Gasteiger partial charge in [-0.1, -0.05) is 32.4 Å². The first-order chi connectivity index (χ1) is 15.5. The third-order valence-electron chi connectivity index (χ3n) is 6.12. The van der Waals surface area contributed by atoms with Crippen molar-refractivity contribution in [3.63, 3.8) is 0 Å². The number of amides is 3. The summed E-state index contributed by atoms with van der Waals surface area (Å²) >= 11 is 0. The predicted molar refractivity (Wildman–Crippen MR) is 121 cm³/mol. The van der Waals surface area contributed by atoms with Crippen LogP contribution in [0, 0.1) is 5.92 Å². The molecule has 1 aliphatic heterocycles. The number of carbonyl (C=O) groups is 4. The van der Waals surface area contributed by atoms with Gasteiger partial charge in [-0.05, 0) is 43.4 Å². The van der Waals surface area contributed by atoms with E-state index in [4.69, 9.17) is 5.73 Å². The molecule has 0 spiro atoms. The third-order valence-corrected chi connectivity index (χ3v) is 6.12. The van der Waals surface area contributed by atoms with Gasteiger partial charge < -0.3 is 31.5 Å². The molecule has 1 aliphatic rings. The number of aliphatic carboxylic acids is 1. The highest BCUT2D eigenvalue weighted by Gasteiger charge is 2.37. The molecular formula is C23H34N4O6. The number of carboxylic acid groups (broad SMARTS) is 1. The van der Waals surface area contributed by atoms with Crippen LogP contribution in [0.25, 0.3) is 0 Å². The number of hydrogen-bond acceptors (Lipinski definition) is 6. The maximum atomic E-state index is 13.1. The number of likely N-dealkylation sites (tertiary alicyclic amines) is 1. The van der Waals surface area contributed by atoms with E-state index >= 15 is 0 Å². The molecule has 5 unspecified atom stereocenters. The van der Waals surface area contributed by atoms with Gasteiger partial charge in [0.25, 0.3) is 0 Å². The molecule has 5 atom stereocenters. The number of nitrogens with one attached hydrogen (secondary N) is 2. The van der Waals surface area contributed by atoms with E-state index in [2.05, 4.69) is 10.6 Å². The summed E-state index contributed by atoms with van der Waals surface area (Å²) in [5, 5.41) is 24.1. The number of aromatic hydroxyl groups is 1. The van der Waals surface area contributed by atoms with Crippen LogP contribution < -0.4 is 16.4 Å². The molecule has 0 saturated carbocycles. The van der Waals surface area contributed by atoms with E-state index in [9.17, 15) is 29.4 Å². The van der Waals surface area contributed by atoms with Gasteiger partial charge in [0.1, 0.15) is 23.9 Å². The smallest absolute Gasteiger partial charge is 0.326 e. The Hall–Kier alpha value is -3.14. The molecule has 1 fully saturated rings. The fourth-order valence-electron chi connectivity index (χ4n) is 3.77. The van der Waals surface area contributed by atoms with Crippen LogP contribution in [0.15, 0.2) is 24.3 Å². The second kappa shape index (κ2) is 11.6. The van der Waals surface area contributed by atoms with Crippen molar-refractivity contribution in [2.75, 3.05) is 6.54 Å². The van der Waals surface area contributed by atoms with Crippen LogP contribution in [0.2, 0.25) is 0 Å². The Morgan fingerprint density at radius 1 is 1.12 bits per heavy atom. The highest BCUT2D eigenvalue weighted by Crippen LogP contribution is 2.19. The average Bonchev–Trinajstić information content (AvgIpc) is 3.28. The molecule has 6 N–H and O–H groups in total. The second-order valence-corrected chi connectivity index (χ2v) is 8.60. The van der Waals surface area contributed by atoms with E-state index in [1.807, 2.05) is 13.8 Å². The van der Waals surface area contributed by atoms with Crippen LogP contribution in [0.4, 0.5) is 0 Å². The summed E-state index contributed by atoms with van der Waals surface area (Å²) < 4.78 is 0.